The van der Waals surface area contributed by atoms with Gasteiger partial charge in [0.25, 0.3) is 0 Å². The molecule has 0 unspecified atom stereocenters. The molecule has 0 radical (unpaired) electrons. The summed E-state index contributed by atoms with van der Waals surface area (Å²) in [5.41, 5.74) is 0.970. The van der Waals surface area contributed by atoms with Crippen LogP contribution in [0.25, 0.3) is 0 Å². The second-order valence-corrected chi connectivity index (χ2v) is 6.98. The van der Waals surface area contributed by atoms with Crippen molar-refractivity contribution in [2.45, 2.75) is 18.4 Å². The highest BCUT2D eigenvalue weighted by molar-refractivity contribution is 7.89. The Morgan fingerprint density at radius 2 is 1.91 bits per heavy atom. The molecule has 2 rings (SSSR count). The highest BCUT2D eigenvalue weighted by atomic mass is 32.2. The second kappa shape index (κ2) is 6.76. The monoisotopic (exact) mass is 322 g/mol. The lowest BCUT2D eigenvalue weighted by atomic mass is 10.2. The molecule has 6 nitrogen and oxygen atoms in total. The Balaban J connectivity index is 1.96. The van der Waals surface area contributed by atoms with E-state index >= 15 is 0 Å². The maximum atomic E-state index is 12.3. The molecule has 0 aliphatic rings. The van der Waals surface area contributed by atoms with Gasteiger partial charge in [0.05, 0.1) is 24.2 Å². The largest absolute Gasteiger partial charge is 0.467 e. The fourth-order valence-electron chi connectivity index (χ4n) is 1.83. The lowest BCUT2D eigenvalue weighted by Gasteiger charge is -2.16. The lowest BCUT2D eigenvalue weighted by Crippen LogP contribution is -2.38. The van der Waals surface area contributed by atoms with Crippen molar-refractivity contribution in [3.63, 3.8) is 0 Å². The van der Waals surface area contributed by atoms with E-state index in [1.807, 2.05) is 6.92 Å². The van der Waals surface area contributed by atoms with E-state index in [-0.39, 0.29) is 18.0 Å². The van der Waals surface area contributed by atoms with Crippen LogP contribution in [0.2, 0.25) is 0 Å². The van der Waals surface area contributed by atoms with E-state index in [0.717, 1.165) is 9.87 Å². The van der Waals surface area contributed by atoms with Crippen LogP contribution in [-0.4, -0.2) is 32.2 Å². The minimum Gasteiger partial charge on any atom is -0.467 e. The number of furan rings is 1. The molecular formula is C15H18N2O4S. The first-order chi connectivity index (χ1) is 10.4. The Bertz CT molecular complexity index is 721. The standard InChI is InChI=1S/C15H18N2O4S/c1-12-5-7-14(8-6-12)22(19,20)17(2)11-15(18)16-10-13-4-3-9-21-13/h3-9H,10-11H2,1-2H3,(H,16,18). The Kier molecular flexibility index (Phi) is 4.99. The van der Waals surface area contributed by atoms with E-state index in [1.165, 1.54) is 25.4 Å². The van der Waals surface area contributed by atoms with Crippen LogP contribution in [0.5, 0.6) is 0 Å². The van der Waals surface area contributed by atoms with Gasteiger partial charge in [-0.3, -0.25) is 4.79 Å². The van der Waals surface area contributed by atoms with E-state index in [0.29, 0.717) is 5.76 Å². The summed E-state index contributed by atoms with van der Waals surface area (Å²) in [4.78, 5) is 12.0. The Morgan fingerprint density at radius 3 is 2.50 bits per heavy atom. The molecule has 0 saturated heterocycles. The maximum Gasteiger partial charge on any atom is 0.243 e. The highest BCUT2D eigenvalue weighted by Gasteiger charge is 2.22. The van der Waals surface area contributed by atoms with Gasteiger partial charge in [-0.2, -0.15) is 4.31 Å². The van der Waals surface area contributed by atoms with Crippen molar-refractivity contribution in [2.75, 3.05) is 13.6 Å². The molecule has 1 heterocycles. The molecular weight excluding hydrogens is 304 g/mol. The Morgan fingerprint density at radius 1 is 1.23 bits per heavy atom. The summed E-state index contributed by atoms with van der Waals surface area (Å²) in [5.74, 6) is 0.215. The number of likely N-dealkylation sites (N-methyl/N-ethyl adjacent to an activating group) is 1. The molecule has 1 amide bonds. The molecule has 1 N–H and O–H groups in total. The van der Waals surface area contributed by atoms with Crippen LogP contribution in [0, 0.1) is 6.92 Å². The van der Waals surface area contributed by atoms with Crippen LogP contribution in [0.3, 0.4) is 0 Å². The number of sulfonamides is 1. The summed E-state index contributed by atoms with van der Waals surface area (Å²) in [7, 11) is -2.30. The third kappa shape index (κ3) is 3.96. The number of carbonyl (C=O) groups excluding carboxylic acids is 1. The molecule has 22 heavy (non-hydrogen) atoms. The van der Waals surface area contributed by atoms with Gasteiger partial charge < -0.3 is 9.73 Å². The van der Waals surface area contributed by atoms with Crippen molar-refractivity contribution in [3.05, 3.63) is 54.0 Å². The molecule has 0 saturated carbocycles. The van der Waals surface area contributed by atoms with Gasteiger partial charge in [-0.25, -0.2) is 8.42 Å². The molecule has 0 fully saturated rings. The number of hydrogen-bond donors (Lipinski definition) is 1. The number of nitrogens with one attached hydrogen (secondary N) is 1. The van der Waals surface area contributed by atoms with Gasteiger partial charge in [0, 0.05) is 7.05 Å². The first kappa shape index (κ1) is 16.3. The maximum absolute atomic E-state index is 12.3. The molecule has 0 bridgehead atoms. The van der Waals surface area contributed by atoms with Gasteiger partial charge in [-0.1, -0.05) is 17.7 Å². The van der Waals surface area contributed by atoms with E-state index < -0.39 is 15.9 Å². The fraction of sp³-hybridized carbons (Fsp3) is 0.267. The number of nitrogens with zero attached hydrogens (tertiary/aromatic N) is 1. The Labute approximate surface area is 129 Å². The third-order valence-electron chi connectivity index (χ3n) is 3.14. The van der Waals surface area contributed by atoms with Crippen molar-refractivity contribution in [1.82, 2.24) is 9.62 Å². The molecule has 7 heteroatoms. The van der Waals surface area contributed by atoms with Crippen molar-refractivity contribution in [3.8, 4) is 0 Å². The highest BCUT2D eigenvalue weighted by Crippen LogP contribution is 2.14. The van der Waals surface area contributed by atoms with E-state index in [9.17, 15) is 13.2 Å². The first-order valence-electron chi connectivity index (χ1n) is 6.71. The predicted octanol–water partition coefficient (Wildman–Crippen LogP) is 1.52. The van der Waals surface area contributed by atoms with Crippen LogP contribution >= 0.6 is 0 Å². The van der Waals surface area contributed by atoms with Gasteiger partial charge in [0.15, 0.2) is 0 Å². The van der Waals surface area contributed by atoms with Crippen LogP contribution in [0.4, 0.5) is 0 Å². The molecule has 0 atom stereocenters. The quantitative estimate of drug-likeness (QED) is 0.874. The minimum absolute atomic E-state index is 0.166. The summed E-state index contributed by atoms with van der Waals surface area (Å²) >= 11 is 0. The Hall–Kier alpha value is -2.12. The van der Waals surface area contributed by atoms with Crippen molar-refractivity contribution < 1.29 is 17.6 Å². The average Bonchev–Trinajstić information content (AvgIpc) is 2.99. The molecule has 2 aromatic rings. The normalized spacial score (nSPS) is 11.6. The second-order valence-electron chi connectivity index (χ2n) is 4.93. The summed E-state index contributed by atoms with van der Waals surface area (Å²) in [6, 6.07) is 9.95. The molecule has 0 aliphatic heterocycles. The first-order valence-corrected chi connectivity index (χ1v) is 8.15. The zero-order valence-electron chi connectivity index (χ0n) is 12.4. The predicted molar refractivity (Wildman–Crippen MR) is 81.5 cm³/mol. The molecule has 0 spiro atoms. The summed E-state index contributed by atoms with van der Waals surface area (Å²) in [6.45, 7) is 1.85. The number of carbonyl (C=O) groups is 1. The van der Waals surface area contributed by atoms with Gasteiger partial charge in [-0.05, 0) is 31.2 Å². The van der Waals surface area contributed by atoms with Gasteiger partial charge in [-0.15, -0.1) is 0 Å². The van der Waals surface area contributed by atoms with Crippen LogP contribution in [0.15, 0.2) is 52.0 Å². The molecule has 1 aromatic carbocycles. The smallest absolute Gasteiger partial charge is 0.243 e. The van der Waals surface area contributed by atoms with Crippen LogP contribution in [0.1, 0.15) is 11.3 Å². The van der Waals surface area contributed by atoms with Crippen molar-refractivity contribution in [2.24, 2.45) is 0 Å². The SMILES string of the molecule is Cc1ccc(S(=O)(=O)N(C)CC(=O)NCc2ccco2)cc1. The van der Waals surface area contributed by atoms with E-state index in [4.69, 9.17) is 4.42 Å². The van der Waals surface area contributed by atoms with Gasteiger partial charge >= 0.3 is 0 Å². The van der Waals surface area contributed by atoms with E-state index in [2.05, 4.69) is 5.32 Å². The van der Waals surface area contributed by atoms with Crippen LogP contribution < -0.4 is 5.32 Å². The molecule has 118 valence electrons. The minimum atomic E-state index is -3.67. The van der Waals surface area contributed by atoms with Crippen molar-refractivity contribution >= 4 is 15.9 Å². The number of aryl methyl sites for hydroxylation is 1. The van der Waals surface area contributed by atoms with Crippen LogP contribution in [-0.2, 0) is 21.4 Å². The number of benzene rings is 1. The summed E-state index contributed by atoms with van der Waals surface area (Å²) < 4.78 is 30.8. The van der Waals surface area contributed by atoms with Crippen molar-refractivity contribution in [1.29, 1.82) is 0 Å². The molecule has 1 aromatic heterocycles. The molecule has 0 aliphatic carbocycles. The number of amides is 1. The zero-order chi connectivity index (χ0) is 16.2. The van der Waals surface area contributed by atoms with E-state index in [1.54, 1.807) is 24.3 Å². The average molecular weight is 322 g/mol. The third-order valence-corrected chi connectivity index (χ3v) is 4.95. The fourth-order valence-corrected chi connectivity index (χ4v) is 2.96. The van der Waals surface area contributed by atoms with Gasteiger partial charge in [0.2, 0.25) is 15.9 Å². The topological polar surface area (TPSA) is 79.6 Å². The number of rotatable bonds is 6. The summed E-state index contributed by atoms with van der Waals surface area (Å²) in [5, 5.41) is 2.61. The summed E-state index contributed by atoms with van der Waals surface area (Å²) in [6.07, 6.45) is 1.51. The number of hydrogen-bond acceptors (Lipinski definition) is 4. The lowest BCUT2D eigenvalue weighted by molar-refractivity contribution is -0.121. The zero-order valence-corrected chi connectivity index (χ0v) is 13.3. The van der Waals surface area contributed by atoms with Gasteiger partial charge in [0.1, 0.15) is 5.76 Å².